The number of aryl methyl sites for hydroxylation is 1. The van der Waals surface area contributed by atoms with Crippen molar-refractivity contribution in [2.45, 2.75) is 38.9 Å². The molecule has 1 aliphatic rings. The summed E-state index contributed by atoms with van der Waals surface area (Å²) in [5.74, 6) is -0.226. The van der Waals surface area contributed by atoms with Gasteiger partial charge in [0.25, 0.3) is 5.69 Å². The van der Waals surface area contributed by atoms with E-state index in [1.165, 1.54) is 30.3 Å². The van der Waals surface area contributed by atoms with Crippen LogP contribution in [0.4, 0.5) is 10.1 Å². The van der Waals surface area contributed by atoms with Crippen LogP contribution in [-0.4, -0.2) is 23.1 Å². The van der Waals surface area contributed by atoms with Gasteiger partial charge in [-0.1, -0.05) is 29.8 Å². The van der Waals surface area contributed by atoms with Gasteiger partial charge in [0.2, 0.25) is 0 Å². The topological polar surface area (TPSA) is 78.7 Å². The van der Waals surface area contributed by atoms with Crippen LogP contribution in [0.2, 0.25) is 5.02 Å². The monoisotopic (exact) mass is 495 g/mol. The number of hydrogen-bond acceptors (Lipinski definition) is 5. The van der Waals surface area contributed by atoms with E-state index < -0.39 is 17.0 Å². The van der Waals surface area contributed by atoms with Crippen molar-refractivity contribution >= 4 is 34.9 Å². The molecular formula is C27H23ClFNO5. The molecule has 0 aromatic heterocycles. The fourth-order valence-electron chi connectivity index (χ4n) is 4.08. The molecule has 1 aliphatic heterocycles. The third kappa shape index (κ3) is 5.52. The van der Waals surface area contributed by atoms with Gasteiger partial charge in [-0.3, -0.25) is 10.1 Å². The molecule has 6 nitrogen and oxygen atoms in total. The summed E-state index contributed by atoms with van der Waals surface area (Å²) in [6.45, 7) is 3.58. The van der Waals surface area contributed by atoms with E-state index in [9.17, 15) is 19.3 Å². The number of halogens is 2. The average molecular weight is 496 g/mol. The van der Waals surface area contributed by atoms with Crippen molar-refractivity contribution in [2.24, 2.45) is 0 Å². The number of fused-ring (bicyclic) bond motifs is 1. The molecule has 0 N–H and O–H groups in total. The lowest BCUT2D eigenvalue weighted by molar-refractivity contribution is -0.384. The van der Waals surface area contributed by atoms with E-state index in [-0.39, 0.29) is 23.2 Å². The number of esters is 1. The van der Waals surface area contributed by atoms with Gasteiger partial charge in [-0.15, -0.1) is 0 Å². The van der Waals surface area contributed by atoms with Crippen LogP contribution in [-0.2, 0) is 11.2 Å². The van der Waals surface area contributed by atoms with E-state index in [4.69, 9.17) is 21.1 Å². The van der Waals surface area contributed by atoms with Gasteiger partial charge in [0, 0.05) is 17.7 Å². The zero-order valence-corrected chi connectivity index (χ0v) is 19.9. The lowest BCUT2D eigenvalue weighted by Gasteiger charge is -2.30. The Balaban J connectivity index is 1.43. The Morgan fingerprint density at radius 2 is 1.97 bits per heavy atom. The van der Waals surface area contributed by atoms with Crippen LogP contribution in [0, 0.1) is 15.9 Å². The lowest BCUT2D eigenvalue weighted by Crippen LogP contribution is -2.36. The van der Waals surface area contributed by atoms with Gasteiger partial charge in [-0.25, -0.2) is 9.18 Å². The van der Waals surface area contributed by atoms with Gasteiger partial charge >= 0.3 is 5.97 Å². The number of rotatable bonds is 6. The quantitative estimate of drug-likeness (QED) is 0.161. The number of nitro groups is 1. The molecule has 0 unspecified atom stereocenters. The second-order valence-electron chi connectivity index (χ2n) is 8.40. The summed E-state index contributed by atoms with van der Waals surface area (Å²) >= 11 is 6.18. The molecule has 0 amide bonds. The van der Waals surface area contributed by atoms with Gasteiger partial charge in [0.05, 0.1) is 15.5 Å². The summed E-state index contributed by atoms with van der Waals surface area (Å²) < 4.78 is 25.9. The summed E-state index contributed by atoms with van der Waals surface area (Å²) in [5, 5.41) is 11.1. The fourth-order valence-corrected chi connectivity index (χ4v) is 4.39. The van der Waals surface area contributed by atoms with Crippen LogP contribution in [0.3, 0.4) is 0 Å². The predicted octanol–water partition coefficient (Wildman–Crippen LogP) is 6.89. The maximum Gasteiger partial charge on any atom is 0.338 e. The highest BCUT2D eigenvalue weighted by Crippen LogP contribution is 2.33. The zero-order chi connectivity index (χ0) is 25.1. The van der Waals surface area contributed by atoms with Crippen molar-refractivity contribution in [1.29, 1.82) is 0 Å². The fraction of sp³-hybridized carbons (Fsp3) is 0.222. The summed E-state index contributed by atoms with van der Waals surface area (Å²) in [4.78, 5) is 22.7. The Kier molecular flexibility index (Phi) is 7.17. The molecule has 0 saturated carbocycles. The Bertz CT molecular complexity index is 1290. The van der Waals surface area contributed by atoms with Crippen molar-refractivity contribution in [3.63, 3.8) is 0 Å². The number of nitrogens with zero attached hydrogens (tertiary/aromatic N) is 1. The van der Waals surface area contributed by atoms with Gasteiger partial charge in [-0.05, 0) is 79.8 Å². The predicted molar refractivity (Wildman–Crippen MR) is 132 cm³/mol. The molecule has 0 fully saturated rings. The molecule has 0 spiro atoms. The maximum absolute atomic E-state index is 14.2. The van der Waals surface area contributed by atoms with Gasteiger partial charge in [0.1, 0.15) is 23.8 Å². The molecule has 3 aromatic rings. The Labute approximate surface area is 207 Å². The molecule has 0 saturated heterocycles. The molecule has 3 aromatic carbocycles. The number of benzene rings is 3. The van der Waals surface area contributed by atoms with Gasteiger partial charge < -0.3 is 9.47 Å². The molecule has 0 aliphatic carbocycles. The first kappa shape index (κ1) is 24.4. The molecule has 1 heterocycles. The first-order valence-corrected chi connectivity index (χ1v) is 11.5. The van der Waals surface area contributed by atoms with Crippen LogP contribution in [0.15, 0.2) is 60.7 Å². The second kappa shape index (κ2) is 10.3. The minimum absolute atomic E-state index is 0.0942. The number of carbonyl (C=O) groups is 1. The highest BCUT2D eigenvalue weighted by atomic mass is 35.5. The first-order valence-electron chi connectivity index (χ1n) is 11.1. The third-order valence-electron chi connectivity index (χ3n) is 5.93. The lowest BCUT2D eigenvalue weighted by atomic mass is 9.96. The normalized spacial score (nSPS) is 16.1. The molecule has 0 bridgehead atoms. The standard InChI is InChI=1S/C27H23ClFNO5/c1-16(26-22(28)4-3-5-23(26)29)14-18-6-12-25-20(15-18)9-13-24(35-25)17(2)34-27(31)19-7-10-21(11-8-19)30(32)33/h3-8,10-12,14-15,17,24H,9,13H2,1-2H3/b16-14+/t17-,24+/m1/s1. The maximum atomic E-state index is 14.2. The molecule has 2 atom stereocenters. The van der Waals surface area contributed by atoms with E-state index in [0.29, 0.717) is 22.8 Å². The summed E-state index contributed by atoms with van der Waals surface area (Å²) in [6.07, 6.45) is 2.40. The van der Waals surface area contributed by atoms with Crippen molar-refractivity contribution < 1.29 is 23.6 Å². The first-order chi connectivity index (χ1) is 16.7. The Morgan fingerprint density at radius 1 is 1.23 bits per heavy atom. The number of hydrogen-bond donors (Lipinski definition) is 0. The van der Waals surface area contributed by atoms with Gasteiger partial charge in [0.15, 0.2) is 0 Å². The molecular weight excluding hydrogens is 473 g/mol. The Morgan fingerprint density at radius 3 is 2.66 bits per heavy atom. The van der Waals surface area contributed by atoms with E-state index in [2.05, 4.69) is 0 Å². The summed E-state index contributed by atoms with van der Waals surface area (Å²) in [6, 6.07) is 15.6. The molecule has 4 rings (SSSR count). The van der Waals surface area contributed by atoms with Crippen LogP contribution >= 0.6 is 11.6 Å². The number of nitro benzene ring substituents is 1. The SMILES string of the molecule is C/C(=C\c1ccc2c(c1)CC[C@@H]([C@@H](C)OC(=O)c1ccc([N+](=O)[O-])cc1)O2)c1c(F)cccc1Cl. The minimum atomic E-state index is -0.565. The second-order valence-corrected chi connectivity index (χ2v) is 8.81. The highest BCUT2D eigenvalue weighted by Gasteiger charge is 2.28. The number of ether oxygens (including phenoxy) is 2. The zero-order valence-electron chi connectivity index (χ0n) is 19.2. The summed E-state index contributed by atoms with van der Waals surface area (Å²) in [5.41, 5.74) is 3.15. The van der Waals surface area contributed by atoms with Gasteiger partial charge in [-0.2, -0.15) is 0 Å². The van der Waals surface area contributed by atoms with Crippen molar-refractivity contribution in [1.82, 2.24) is 0 Å². The third-order valence-corrected chi connectivity index (χ3v) is 6.25. The van der Waals surface area contributed by atoms with E-state index >= 15 is 0 Å². The Hall–Kier alpha value is -3.71. The van der Waals surface area contributed by atoms with Crippen molar-refractivity contribution in [3.8, 4) is 5.75 Å². The van der Waals surface area contributed by atoms with E-state index in [1.807, 2.05) is 31.2 Å². The van der Waals surface area contributed by atoms with Crippen LogP contribution in [0.5, 0.6) is 5.75 Å². The van der Waals surface area contributed by atoms with Crippen molar-refractivity contribution in [3.05, 3.63) is 104 Å². The molecule has 35 heavy (non-hydrogen) atoms. The number of allylic oxidation sites excluding steroid dienone is 1. The number of carbonyl (C=O) groups excluding carboxylic acids is 1. The van der Waals surface area contributed by atoms with Crippen LogP contribution in [0.25, 0.3) is 11.6 Å². The number of non-ortho nitro benzene ring substituents is 1. The van der Waals surface area contributed by atoms with E-state index in [1.54, 1.807) is 19.1 Å². The average Bonchev–Trinajstić information content (AvgIpc) is 2.83. The molecule has 8 heteroatoms. The van der Waals surface area contributed by atoms with Crippen LogP contribution < -0.4 is 4.74 Å². The van der Waals surface area contributed by atoms with E-state index in [0.717, 1.165) is 23.1 Å². The largest absolute Gasteiger partial charge is 0.486 e. The molecule has 180 valence electrons. The van der Waals surface area contributed by atoms with Crippen LogP contribution in [0.1, 0.15) is 47.3 Å². The van der Waals surface area contributed by atoms with Crippen molar-refractivity contribution in [2.75, 3.05) is 0 Å². The summed E-state index contributed by atoms with van der Waals surface area (Å²) in [7, 11) is 0. The smallest absolute Gasteiger partial charge is 0.338 e. The highest BCUT2D eigenvalue weighted by molar-refractivity contribution is 6.32. The molecule has 0 radical (unpaired) electrons. The minimum Gasteiger partial charge on any atom is -0.486 e.